The largest absolute Gasteiger partial charge is 0.371 e. The highest BCUT2D eigenvalue weighted by atomic mass is 16.2. The van der Waals surface area contributed by atoms with Crippen LogP contribution >= 0.6 is 0 Å². The van der Waals surface area contributed by atoms with E-state index >= 15 is 0 Å². The number of para-hydroxylation sites is 1. The molecule has 1 heterocycles. The molecule has 0 unspecified atom stereocenters. The standard InChI is InChI=1S/C24H31N3O2/c1-3-18(2)23(28)26-20-13-15-27(16-14-20)22-12-8-7-11-21(22)24(29)25-17-19-9-5-4-6-10-19/h4-12,18,20H,3,13-17H2,1-2H3,(H,25,29)(H,26,28)/t18-/m0/s1. The van der Waals surface area contributed by atoms with Crippen molar-refractivity contribution in [3.05, 3.63) is 65.7 Å². The van der Waals surface area contributed by atoms with Crippen molar-refractivity contribution < 1.29 is 9.59 Å². The predicted octanol–water partition coefficient (Wildman–Crippen LogP) is 3.75. The van der Waals surface area contributed by atoms with Crippen molar-refractivity contribution in [2.45, 2.75) is 45.7 Å². The molecule has 3 rings (SSSR count). The van der Waals surface area contributed by atoms with Crippen LogP contribution in [0.5, 0.6) is 0 Å². The van der Waals surface area contributed by atoms with Gasteiger partial charge in [-0.05, 0) is 37.0 Å². The molecule has 5 nitrogen and oxygen atoms in total. The van der Waals surface area contributed by atoms with Crippen LogP contribution in [-0.2, 0) is 11.3 Å². The lowest BCUT2D eigenvalue weighted by molar-refractivity contribution is -0.125. The Kier molecular flexibility index (Phi) is 7.28. The van der Waals surface area contributed by atoms with Gasteiger partial charge in [0.25, 0.3) is 5.91 Å². The van der Waals surface area contributed by atoms with Gasteiger partial charge in [0.1, 0.15) is 0 Å². The van der Waals surface area contributed by atoms with Crippen molar-refractivity contribution in [3.63, 3.8) is 0 Å². The van der Waals surface area contributed by atoms with Gasteiger partial charge in [-0.1, -0.05) is 56.3 Å². The second kappa shape index (κ2) is 10.1. The third-order valence-corrected chi connectivity index (χ3v) is 5.69. The first kappa shape index (κ1) is 20.9. The summed E-state index contributed by atoms with van der Waals surface area (Å²) >= 11 is 0. The minimum atomic E-state index is -0.0587. The van der Waals surface area contributed by atoms with Gasteiger partial charge >= 0.3 is 0 Å². The molecule has 2 aromatic rings. The average molecular weight is 394 g/mol. The third-order valence-electron chi connectivity index (χ3n) is 5.69. The third kappa shape index (κ3) is 5.59. The first-order chi connectivity index (χ1) is 14.1. The van der Waals surface area contributed by atoms with E-state index in [2.05, 4.69) is 15.5 Å². The molecule has 1 aliphatic heterocycles. The maximum atomic E-state index is 12.8. The van der Waals surface area contributed by atoms with E-state index in [0.29, 0.717) is 12.1 Å². The molecule has 1 atom stereocenters. The minimum Gasteiger partial charge on any atom is -0.371 e. The molecular weight excluding hydrogens is 362 g/mol. The fraction of sp³-hybridized carbons (Fsp3) is 0.417. The number of nitrogens with zero attached hydrogens (tertiary/aromatic N) is 1. The second-order valence-electron chi connectivity index (χ2n) is 7.76. The minimum absolute atomic E-state index is 0.0575. The number of piperidine rings is 1. The Morgan fingerprint density at radius 3 is 2.38 bits per heavy atom. The Morgan fingerprint density at radius 1 is 1.03 bits per heavy atom. The molecule has 1 saturated heterocycles. The quantitative estimate of drug-likeness (QED) is 0.753. The molecular formula is C24H31N3O2. The fourth-order valence-electron chi connectivity index (χ4n) is 3.61. The SMILES string of the molecule is CC[C@H](C)C(=O)NC1CCN(c2ccccc2C(=O)NCc2ccccc2)CC1. The number of benzene rings is 2. The summed E-state index contributed by atoms with van der Waals surface area (Å²) in [5.41, 5.74) is 2.74. The van der Waals surface area contributed by atoms with E-state index in [1.807, 2.05) is 68.4 Å². The molecule has 0 aliphatic carbocycles. The maximum Gasteiger partial charge on any atom is 0.253 e. The van der Waals surface area contributed by atoms with Gasteiger partial charge in [0.15, 0.2) is 0 Å². The van der Waals surface area contributed by atoms with E-state index in [1.54, 1.807) is 0 Å². The Morgan fingerprint density at radius 2 is 1.69 bits per heavy atom. The van der Waals surface area contributed by atoms with E-state index in [-0.39, 0.29) is 23.8 Å². The van der Waals surface area contributed by atoms with Gasteiger partial charge in [0.2, 0.25) is 5.91 Å². The van der Waals surface area contributed by atoms with E-state index < -0.39 is 0 Å². The van der Waals surface area contributed by atoms with Gasteiger partial charge in [0, 0.05) is 37.3 Å². The van der Waals surface area contributed by atoms with Crippen molar-refractivity contribution in [2.75, 3.05) is 18.0 Å². The number of carbonyl (C=O) groups is 2. The lowest BCUT2D eigenvalue weighted by Crippen LogP contribution is -2.46. The van der Waals surface area contributed by atoms with Crippen LogP contribution in [0.2, 0.25) is 0 Å². The summed E-state index contributed by atoms with van der Waals surface area (Å²) in [5.74, 6) is 0.144. The topological polar surface area (TPSA) is 61.4 Å². The summed E-state index contributed by atoms with van der Waals surface area (Å²) in [6.45, 7) is 6.17. The van der Waals surface area contributed by atoms with Crippen molar-refractivity contribution in [2.24, 2.45) is 5.92 Å². The smallest absolute Gasteiger partial charge is 0.253 e. The number of amides is 2. The summed E-state index contributed by atoms with van der Waals surface area (Å²) in [5, 5.41) is 6.20. The predicted molar refractivity (Wildman–Crippen MR) is 117 cm³/mol. The maximum absolute atomic E-state index is 12.8. The van der Waals surface area contributed by atoms with E-state index in [0.717, 1.165) is 43.6 Å². The Hall–Kier alpha value is -2.82. The van der Waals surface area contributed by atoms with Gasteiger partial charge in [-0.15, -0.1) is 0 Å². The molecule has 0 spiro atoms. The normalized spacial score (nSPS) is 15.6. The molecule has 0 radical (unpaired) electrons. The molecule has 1 fully saturated rings. The highest BCUT2D eigenvalue weighted by Crippen LogP contribution is 2.24. The molecule has 29 heavy (non-hydrogen) atoms. The Labute approximate surface area is 173 Å². The zero-order chi connectivity index (χ0) is 20.6. The van der Waals surface area contributed by atoms with Gasteiger partial charge in [0.05, 0.1) is 5.56 Å². The van der Waals surface area contributed by atoms with Gasteiger partial charge < -0.3 is 15.5 Å². The first-order valence-electron chi connectivity index (χ1n) is 10.5. The van der Waals surface area contributed by atoms with Crippen LogP contribution in [-0.4, -0.2) is 30.9 Å². The van der Waals surface area contributed by atoms with Gasteiger partial charge in [-0.25, -0.2) is 0 Å². The summed E-state index contributed by atoms with van der Waals surface area (Å²) < 4.78 is 0. The molecule has 2 aromatic carbocycles. The number of carbonyl (C=O) groups excluding carboxylic acids is 2. The van der Waals surface area contributed by atoms with Crippen molar-refractivity contribution in [1.82, 2.24) is 10.6 Å². The van der Waals surface area contributed by atoms with Crippen LogP contribution in [0.1, 0.15) is 49.0 Å². The lowest BCUT2D eigenvalue weighted by atomic mass is 10.0. The molecule has 0 saturated carbocycles. The van der Waals surface area contributed by atoms with Crippen molar-refractivity contribution in [1.29, 1.82) is 0 Å². The molecule has 0 bridgehead atoms. The Bertz CT molecular complexity index is 814. The summed E-state index contributed by atoms with van der Waals surface area (Å²) in [4.78, 5) is 27.2. The number of anilines is 1. The summed E-state index contributed by atoms with van der Waals surface area (Å²) in [7, 11) is 0. The van der Waals surface area contributed by atoms with E-state index in [4.69, 9.17) is 0 Å². The number of rotatable bonds is 7. The molecule has 0 aromatic heterocycles. The van der Waals surface area contributed by atoms with Crippen LogP contribution in [0.4, 0.5) is 5.69 Å². The van der Waals surface area contributed by atoms with E-state index in [9.17, 15) is 9.59 Å². The zero-order valence-corrected chi connectivity index (χ0v) is 17.4. The molecule has 2 amide bonds. The molecule has 2 N–H and O–H groups in total. The summed E-state index contributed by atoms with van der Waals surface area (Å²) in [6, 6.07) is 17.9. The van der Waals surface area contributed by atoms with Crippen LogP contribution in [0.25, 0.3) is 0 Å². The van der Waals surface area contributed by atoms with Crippen LogP contribution in [0.15, 0.2) is 54.6 Å². The first-order valence-corrected chi connectivity index (χ1v) is 10.5. The highest BCUT2D eigenvalue weighted by Gasteiger charge is 2.24. The lowest BCUT2D eigenvalue weighted by Gasteiger charge is -2.35. The number of hydrogen-bond acceptors (Lipinski definition) is 3. The molecule has 5 heteroatoms. The number of hydrogen-bond donors (Lipinski definition) is 2. The molecule has 1 aliphatic rings. The van der Waals surface area contributed by atoms with Crippen LogP contribution < -0.4 is 15.5 Å². The van der Waals surface area contributed by atoms with Gasteiger partial charge in [-0.2, -0.15) is 0 Å². The average Bonchev–Trinajstić information content (AvgIpc) is 2.78. The molecule has 154 valence electrons. The van der Waals surface area contributed by atoms with Crippen molar-refractivity contribution in [3.8, 4) is 0 Å². The van der Waals surface area contributed by atoms with Crippen LogP contribution in [0, 0.1) is 5.92 Å². The van der Waals surface area contributed by atoms with Gasteiger partial charge in [-0.3, -0.25) is 9.59 Å². The second-order valence-corrected chi connectivity index (χ2v) is 7.76. The summed E-state index contributed by atoms with van der Waals surface area (Å²) in [6.07, 6.45) is 2.64. The number of nitrogens with one attached hydrogen (secondary N) is 2. The zero-order valence-electron chi connectivity index (χ0n) is 17.4. The Balaban J connectivity index is 1.59. The van der Waals surface area contributed by atoms with Crippen molar-refractivity contribution >= 4 is 17.5 Å². The monoisotopic (exact) mass is 393 g/mol. The van der Waals surface area contributed by atoms with E-state index in [1.165, 1.54) is 0 Å². The fourth-order valence-corrected chi connectivity index (χ4v) is 3.61. The highest BCUT2D eigenvalue weighted by molar-refractivity contribution is 5.99. The van der Waals surface area contributed by atoms with Crippen LogP contribution in [0.3, 0.4) is 0 Å².